The summed E-state index contributed by atoms with van der Waals surface area (Å²) in [5.74, 6) is -3.09. The number of amides is 1. The fourth-order valence-electron chi connectivity index (χ4n) is 1.45. The Balaban J connectivity index is 2.23. The Bertz CT molecular complexity index is 474. The van der Waals surface area contributed by atoms with E-state index in [0.717, 1.165) is 12.1 Å². The average Bonchev–Trinajstić information content (AvgIpc) is 3.06. The topological polar surface area (TPSA) is 29.1 Å². The monoisotopic (exact) mass is 263 g/mol. The highest BCUT2D eigenvalue weighted by Crippen LogP contribution is 2.36. The molecule has 1 aliphatic carbocycles. The Hall–Kier alpha value is -1.23. The van der Waals surface area contributed by atoms with Gasteiger partial charge in [0.25, 0.3) is 5.91 Å². The second-order valence-corrected chi connectivity index (χ2v) is 4.47. The van der Waals surface area contributed by atoms with Crippen LogP contribution in [-0.2, 0) is 0 Å². The van der Waals surface area contributed by atoms with E-state index in [4.69, 9.17) is 11.6 Å². The summed E-state index contributed by atoms with van der Waals surface area (Å²) in [5.41, 5.74) is -1.03. The van der Waals surface area contributed by atoms with E-state index in [1.54, 1.807) is 0 Å². The van der Waals surface area contributed by atoms with Crippen LogP contribution >= 0.6 is 11.6 Å². The predicted molar refractivity (Wildman–Crippen MR) is 56.8 cm³/mol. The van der Waals surface area contributed by atoms with E-state index in [0.29, 0.717) is 12.8 Å². The minimum absolute atomic E-state index is 0.190. The molecule has 0 heterocycles. The van der Waals surface area contributed by atoms with Crippen molar-refractivity contribution in [3.8, 4) is 0 Å². The molecule has 1 amide bonds. The van der Waals surface area contributed by atoms with E-state index in [-0.39, 0.29) is 5.56 Å². The van der Waals surface area contributed by atoms with Crippen molar-refractivity contribution >= 4 is 17.5 Å². The summed E-state index contributed by atoms with van der Waals surface area (Å²) >= 11 is 5.52. The van der Waals surface area contributed by atoms with Crippen LogP contribution in [0.1, 0.15) is 23.2 Å². The van der Waals surface area contributed by atoms with Gasteiger partial charge >= 0.3 is 0 Å². The van der Waals surface area contributed by atoms with Gasteiger partial charge in [-0.1, -0.05) is 11.6 Å². The van der Waals surface area contributed by atoms with Crippen LogP contribution in [0, 0.1) is 11.6 Å². The average molecular weight is 264 g/mol. The van der Waals surface area contributed by atoms with E-state index in [1.807, 2.05) is 0 Å². The van der Waals surface area contributed by atoms with Gasteiger partial charge in [-0.2, -0.15) is 0 Å². The summed E-state index contributed by atoms with van der Waals surface area (Å²) in [5, 5.41) is 1.85. The first kappa shape index (κ1) is 12.2. The highest BCUT2D eigenvalue weighted by Gasteiger charge is 2.44. The molecule has 0 unspecified atom stereocenters. The van der Waals surface area contributed by atoms with Crippen molar-refractivity contribution in [3.63, 3.8) is 0 Å². The zero-order valence-corrected chi connectivity index (χ0v) is 9.45. The van der Waals surface area contributed by atoms with E-state index in [9.17, 15) is 18.0 Å². The first-order valence-corrected chi connectivity index (χ1v) is 5.39. The van der Waals surface area contributed by atoms with Gasteiger partial charge in [0.2, 0.25) is 0 Å². The first-order valence-electron chi connectivity index (χ1n) is 5.01. The summed E-state index contributed by atoms with van der Waals surface area (Å²) in [6.45, 7) is -0.681. The second-order valence-electron chi connectivity index (χ2n) is 4.09. The number of hydrogen-bond acceptors (Lipinski definition) is 1. The zero-order chi connectivity index (χ0) is 12.6. The van der Waals surface area contributed by atoms with Crippen molar-refractivity contribution in [1.29, 1.82) is 0 Å². The molecule has 1 aromatic carbocycles. The minimum atomic E-state index is -1.27. The molecule has 1 saturated carbocycles. The van der Waals surface area contributed by atoms with Gasteiger partial charge in [-0.05, 0) is 25.0 Å². The van der Waals surface area contributed by atoms with Gasteiger partial charge < -0.3 is 5.32 Å². The first-order chi connectivity index (χ1) is 7.99. The van der Waals surface area contributed by atoms with Gasteiger partial charge in [-0.25, -0.2) is 13.2 Å². The van der Waals surface area contributed by atoms with Crippen LogP contribution in [0.15, 0.2) is 12.1 Å². The maximum atomic E-state index is 13.1. The quantitative estimate of drug-likeness (QED) is 0.835. The van der Waals surface area contributed by atoms with E-state index < -0.39 is 34.8 Å². The highest BCUT2D eigenvalue weighted by atomic mass is 35.5. The van der Waals surface area contributed by atoms with Crippen molar-refractivity contribution in [2.24, 2.45) is 0 Å². The number of nitrogens with one attached hydrogen (secondary N) is 1. The molecule has 0 bridgehead atoms. The minimum Gasteiger partial charge on any atom is -0.344 e. The van der Waals surface area contributed by atoms with Crippen LogP contribution in [0.25, 0.3) is 0 Å². The Kier molecular flexibility index (Phi) is 3.03. The van der Waals surface area contributed by atoms with Gasteiger partial charge in [0.1, 0.15) is 6.67 Å². The van der Waals surface area contributed by atoms with Gasteiger partial charge in [0.15, 0.2) is 11.6 Å². The predicted octanol–water partition coefficient (Wildman–Crippen LogP) is 2.85. The smallest absolute Gasteiger partial charge is 0.253 e. The van der Waals surface area contributed by atoms with Gasteiger partial charge in [0.05, 0.1) is 16.1 Å². The molecule has 1 fully saturated rings. The third-order valence-electron chi connectivity index (χ3n) is 2.77. The number of carbonyl (C=O) groups excluding carboxylic acids is 1. The maximum Gasteiger partial charge on any atom is 0.253 e. The number of carbonyl (C=O) groups is 1. The standard InChI is InChI=1S/C11H9ClF3NO/c12-8-6(1-2-7(14)9(8)15)10(17)16-11(5-13)3-4-11/h1-2H,3-5H2,(H,16,17). The van der Waals surface area contributed by atoms with Crippen molar-refractivity contribution in [2.75, 3.05) is 6.67 Å². The number of rotatable bonds is 3. The largest absolute Gasteiger partial charge is 0.344 e. The Morgan fingerprint density at radius 3 is 2.59 bits per heavy atom. The van der Waals surface area contributed by atoms with Crippen molar-refractivity contribution in [1.82, 2.24) is 5.32 Å². The van der Waals surface area contributed by atoms with Gasteiger partial charge in [0, 0.05) is 0 Å². The molecule has 6 heteroatoms. The molecule has 0 spiro atoms. The van der Waals surface area contributed by atoms with Gasteiger partial charge in [-0.15, -0.1) is 0 Å². The number of alkyl halides is 1. The number of halogens is 4. The lowest BCUT2D eigenvalue weighted by Gasteiger charge is -2.14. The van der Waals surface area contributed by atoms with Crippen LogP contribution in [0.3, 0.4) is 0 Å². The summed E-state index contributed by atoms with van der Waals surface area (Å²) in [6, 6.07) is 1.88. The molecular formula is C11H9ClF3NO. The second kappa shape index (κ2) is 4.22. The van der Waals surface area contributed by atoms with Crippen molar-refractivity contribution in [2.45, 2.75) is 18.4 Å². The Morgan fingerprint density at radius 2 is 2.06 bits per heavy atom. The molecule has 1 aromatic rings. The van der Waals surface area contributed by atoms with E-state index in [1.165, 1.54) is 0 Å². The number of hydrogen-bond donors (Lipinski definition) is 1. The summed E-state index contributed by atoms with van der Waals surface area (Å²) in [6.07, 6.45) is 1.08. The van der Waals surface area contributed by atoms with Crippen molar-refractivity contribution < 1.29 is 18.0 Å². The maximum absolute atomic E-state index is 13.1. The molecule has 0 aromatic heterocycles. The molecule has 1 aliphatic rings. The van der Waals surface area contributed by atoms with Crippen LogP contribution < -0.4 is 5.32 Å². The highest BCUT2D eigenvalue weighted by molar-refractivity contribution is 6.34. The number of benzene rings is 1. The molecule has 1 N–H and O–H groups in total. The summed E-state index contributed by atoms with van der Waals surface area (Å²) in [7, 11) is 0. The zero-order valence-electron chi connectivity index (χ0n) is 8.70. The van der Waals surface area contributed by atoms with E-state index >= 15 is 0 Å². The molecule has 0 saturated heterocycles. The fourth-order valence-corrected chi connectivity index (χ4v) is 1.69. The molecule has 17 heavy (non-hydrogen) atoms. The van der Waals surface area contributed by atoms with Gasteiger partial charge in [-0.3, -0.25) is 4.79 Å². The molecule has 0 atom stereocenters. The lowest BCUT2D eigenvalue weighted by Crippen LogP contribution is -2.38. The molecular weight excluding hydrogens is 255 g/mol. The third-order valence-corrected chi connectivity index (χ3v) is 3.14. The molecule has 2 nitrogen and oxygen atoms in total. The molecule has 92 valence electrons. The van der Waals surface area contributed by atoms with Crippen LogP contribution in [0.4, 0.5) is 13.2 Å². The third kappa shape index (κ3) is 2.24. The van der Waals surface area contributed by atoms with E-state index in [2.05, 4.69) is 5.32 Å². The molecule has 2 rings (SSSR count). The normalized spacial score (nSPS) is 16.7. The Labute approximate surface area is 101 Å². The SMILES string of the molecule is O=C(NC1(CF)CC1)c1ccc(F)c(F)c1Cl. The lowest BCUT2D eigenvalue weighted by molar-refractivity contribution is 0.0923. The fraction of sp³-hybridized carbons (Fsp3) is 0.364. The van der Waals surface area contributed by atoms with Crippen LogP contribution in [0.5, 0.6) is 0 Å². The lowest BCUT2D eigenvalue weighted by atomic mass is 10.1. The van der Waals surface area contributed by atoms with Crippen LogP contribution in [0.2, 0.25) is 5.02 Å². The molecule has 0 aliphatic heterocycles. The summed E-state index contributed by atoms with van der Waals surface area (Å²) < 4.78 is 38.5. The Morgan fingerprint density at radius 1 is 1.41 bits per heavy atom. The van der Waals surface area contributed by atoms with Crippen LogP contribution in [-0.4, -0.2) is 18.1 Å². The summed E-state index contributed by atoms with van der Waals surface area (Å²) in [4.78, 5) is 11.7. The van der Waals surface area contributed by atoms with Crippen molar-refractivity contribution in [3.05, 3.63) is 34.4 Å². The molecule has 0 radical (unpaired) electrons.